The molecule has 0 heterocycles. The molecule has 1 nitrogen and oxygen atoms in total. The first-order chi connectivity index (χ1) is 8.58. The van der Waals surface area contributed by atoms with E-state index in [2.05, 4.69) is 5.32 Å². The fourth-order valence-electron chi connectivity index (χ4n) is 1.52. The Kier molecular flexibility index (Phi) is 3.50. The van der Waals surface area contributed by atoms with E-state index in [4.69, 9.17) is 0 Å². The van der Waals surface area contributed by atoms with Gasteiger partial charge in [-0.15, -0.1) is 0 Å². The van der Waals surface area contributed by atoms with Gasteiger partial charge in [0.15, 0.2) is 0 Å². The van der Waals surface area contributed by atoms with Crippen LogP contribution in [-0.2, 0) is 6.54 Å². The van der Waals surface area contributed by atoms with E-state index in [-0.39, 0.29) is 17.8 Å². The summed E-state index contributed by atoms with van der Waals surface area (Å²) in [7, 11) is 0. The molecule has 0 bridgehead atoms. The maximum absolute atomic E-state index is 13.3. The van der Waals surface area contributed by atoms with E-state index in [0.29, 0.717) is 6.07 Å². The van der Waals surface area contributed by atoms with Crippen molar-refractivity contribution < 1.29 is 17.6 Å². The van der Waals surface area contributed by atoms with Gasteiger partial charge >= 0.3 is 0 Å². The van der Waals surface area contributed by atoms with Gasteiger partial charge in [0.05, 0.1) is 5.69 Å². The van der Waals surface area contributed by atoms with Gasteiger partial charge in [0.25, 0.3) is 0 Å². The molecule has 1 N–H and O–H groups in total. The second-order valence-electron chi connectivity index (χ2n) is 3.68. The maximum Gasteiger partial charge on any atom is 0.149 e. The van der Waals surface area contributed by atoms with Crippen LogP contribution in [0, 0.1) is 23.3 Å². The second kappa shape index (κ2) is 5.08. The van der Waals surface area contributed by atoms with Gasteiger partial charge in [0.2, 0.25) is 0 Å². The van der Waals surface area contributed by atoms with Crippen LogP contribution in [-0.4, -0.2) is 0 Å². The lowest BCUT2D eigenvalue weighted by molar-refractivity contribution is 0.558. The molecule has 0 saturated heterocycles. The van der Waals surface area contributed by atoms with Crippen molar-refractivity contribution in [3.8, 4) is 0 Å². The van der Waals surface area contributed by atoms with Crippen LogP contribution in [0.4, 0.5) is 23.2 Å². The smallest absolute Gasteiger partial charge is 0.149 e. The monoisotopic (exact) mass is 255 g/mol. The third-order valence-electron chi connectivity index (χ3n) is 2.45. The Labute approximate surface area is 101 Å². The van der Waals surface area contributed by atoms with Gasteiger partial charge in [-0.25, -0.2) is 17.6 Å². The zero-order valence-corrected chi connectivity index (χ0v) is 9.18. The minimum atomic E-state index is -0.813. The van der Waals surface area contributed by atoms with E-state index in [9.17, 15) is 17.6 Å². The Hall–Kier alpha value is -2.04. The normalized spacial score (nSPS) is 10.4. The average molecular weight is 255 g/mol. The van der Waals surface area contributed by atoms with Crippen molar-refractivity contribution >= 4 is 5.69 Å². The van der Waals surface area contributed by atoms with E-state index >= 15 is 0 Å². The third kappa shape index (κ3) is 2.61. The van der Waals surface area contributed by atoms with Gasteiger partial charge < -0.3 is 5.32 Å². The Morgan fingerprint density at radius 1 is 0.833 bits per heavy atom. The number of halogens is 4. The summed E-state index contributed by atoms with van der Waals surface area (Å²) in [5.41, 5.74) is -0.208. The number of benzene rings is 2. The largest absolute Gasteiger partial charge is 0.378 e. The molecule has 94 valence electrons. The minimum absolute atomic E-state index is 0.0148. The van der Waals surface area contributed by atoms with Crippen molar-refractivity contribution in [3.63, 3.8) is 0 Å². The first-order valence-corrected chi connectivity index (χ1v) is 5.20. The van der Waals surface area contributed by atoms with Crippen molar-refractivity contribution in [2.24, 2.45) is 0 Å². The molecular weight excluding hydrogens is 246 g/mol. The zero-order chi connectivity index (χ0) is 13.1. The fourth-order valence-corrected chi connectivity index (χ4v) is 1.52. The highest BCUT2D eigenvalue weighted by Gasteiger charge is 2.09. The van der Waals surface area contributed by atoms with E-state index in [0.717, 1.165) is 18.2 Å². The van der Waals surface area contributed by atoms with Crippen LogP contribution in [0.2, 0.25) is 0 Å². The molecule has 0 atom stereocenters. The number of rotatable bonds is 3. The lowest BCUT2D eigenvalue weighted by Gasteiger charge is -2.09. The number of hydrogen-bond acceptors (Lipinski definition) is 1. The summed E-state index contributed by atoms with van der Waals surface area (Å²) in [5, 5.41) is 2.52. The quantitative estimate of drug-likeness (QED) is 0.821. The Balaban J connectivity index is 2.16. The summed E-state index contributed by atoms with van der Waals surface area (Å²) in [6.45, 7) is -0.221. The molecule has 0 radical (unpaired) electrons. The van der Waals surface area contributed by atoms with Crippen LogP contribution < -0.4 is 5.32 Å². The molecule has 0 fully saturated rings. The molecule has 18 heavy (non-hydrogen) atoms. The van der Waals surface area contributed by atoms with Gasteiger partial charge in [-0.2, -0.15) is 0 Å². The van der Waals surface area contributed by atoms with Gasteiger partial charge in [-0.05, 0) is 24.3 Å². The van der Waals surface area contributed by atoms with Crippen molar-refractivity contribution in [2.45, 2.75) is 6.54 Å². The van der Waals surface area contributed by atoms with E-state index < -0.39 is 23.3 Å². The van der Waals surface area contributed by atoms with E-state index in [1.165, 1.54) is 12.1 Å². The number of hydrogen-bond donors (Lipinski definition) is 1. The first-order valence-electron chi connectivity index (χ1n) is 5.20. The number of nitrogens with one attached hydrogen (secondary N) is 1. The van der Waals surface area contributed by atoms with Crippen LogP contribution in [0.25, 0.3) is 0 Å². The highest BCUT2D eigenvalue weighted by atomic mass is 19.1. The van der Waals surface area contributed by atoms with Crippen LogP contribution in [0.5, 0.6) is 0 Å². The molecule has 0 aromatic heterocycles. The van der Waals surface area contributed by atoms with Crippen molar-refractivity contribution in [1.29, 1.82) is 0 Å². The standard InChI is InChI=1S/C13H9F4N/c14-8-4-5-13(12(17)6-8)18-7-9-10(15)2-1-3-11(9)16/h1-6,18H,7H2. The number of anilines is 1. The molecule has 0 unspecified atom stereocenters. The lowest BCUT2D eigenvalue weighted by Crippen LogP contribution is -2.06. The SMILES string of the molecule is Fc1ccc(NCc2c(F)cccc2F)c(F)c1. The molecule has 2 rings (SSSR count). The Morgan fingerprint density at radius 3 is 2.11 bits per heavy atom. The van der Waals surface area contributed by atoms with E-state index in [1.54, 1.807) is 0 Å². The maximum atomic E-state index is 13.3. The molecule has 0 aliphatic rings. The molecule has 0 saturated carbocycles. The highest BCUT2D eigenvalue weighted by Crippen LogP contribution is 2.18. The summed E-state index contributed by atoms with van der Waals surface area (Å²) >= 11 is 0. The molecule has 0 aliphatic carbocycles. The Morgan fingerprint density at radius 2 is 1.50 bits per heavy atom. The van der Waals surface area contributed by atoms with Gasteiger partial charge in [-0.3, -0.25) is 0 Å². The van der Waals surface area contributed by atoms with Crippen LogP contribution >= 0.6 is 0 Å². The van der Waals surface area contributed by atoms with Gasteiger partial charge in [-0.1, -0.05) is 6.07 Å². The van der Waals surface area contributed by atoms with Crippen molar-refractivity contribution in [2.75, 3.05) is 5.32 Å². The van der Waals surface area contributed by atoms with Crippen molar-refractivity contribution in [3.05, 3.63) is 65.2 Å². The summed E-state index contributed by atoms with van der Waals surface area (Å²) in [6, 6.07) is 6.39. The fraction of sp³-hybridized carbons (Fsp3) is 0.0769. The summed E-state index contributed by atoms with van der Waals surface area (Å²) in [6.07, 6.45) is 0. The van der Waals surface area contributed by atoms with Crippen LogP contribution in [0.3, 0.4) is 0 Å². The second-order valence-corrected chi connectivity index (χ2v) is 3.68. The molecule has 0 amide bonds. The first kappa shape index (κ1) is 12.4. The Bertz CT molecular complexity index is 549. The highest BCUT2D eigenvalue weighted by molar-refractivity contribution is 5.45. The average Bonchev–Trinajstić information content (AvgIpc) is 2.31. The summed E-state index contributed by atoms with van der Waals surface area (Å²) < 4.78 is 52.5. The minimum Gasteiger partial charge on any atom is -0.378 e. The topological polar surface area (TPSA) is 12.0 Å². The van der Waals surface area contributed by atoms with Crippen molar-refractivity contribution in [1.82, 2.24) is 0 Å². The molecule has 0 aliphatic heterocycles. The van der Waals surface area contributed by atoms with Crippen LogP contribution in [0.1, 0.15) is 5.56 Å². The third-order valence-corrected chi connectivity index (χ3v) is 2.45. The molecule has 5 heteroatoms. The predicted octanol–water partition coefficient (Wildman–Crippen LogP) is 3.86. The molecule has 2 aromatic rings. The molecule has 0 spiro atoms. The zero-order valence-electron chi connectivity index (χ0n) is 9.18. The van der Waals surface area contributed by atoms with E-state index in [1.807, 2.05) is 0 Å². The summed E-state index contributed by atoms with van der Waals surface area (Å²) in [5.74, 6) is -2.96. The predicted molar refractivity (Wildman–Crippen MR) is 60.0 cm³/mol. The molecule has 2 aromatic carbocycles. The van der Waals surface area contributed by atoms with Gasteiger partial charge in [0.1, 0.15) is 23.3 Å². The van der Waals surface area contributed by atoms with Gasteiger partial charge in [0, 0.05) is 18.2 Å². The molecular formula is C13H9F4N. The van der Waals surface area contributed by atoms with Crippen LogP contribution in [0.15, 0.2) is 36.4 Å². The lowest BCUT2D eigenvalue weighted by atomic mass is 10.2. The summed E-state index contributed by atoms with van der Waals surface area (Å²) in [4.78, 5) is 0.